The standard InChI is InChI=1S/C20H24N4O3/c1-26-11-9-23(16-19-8-5-10-27-19)20(25)21-12-18-13-22-24(15-18)14-17-6-3-2-4-7-17/h2-8,10,13,15H,9,11-12,14,16H2,1H3,(H,21,25). The maximum atomic E-state index is 12.5. The lowest BCUT2D eigenvalue weighted by molar-refractivity contribution is 0.142. The van der Waals surface area contributed by atoms with Crippen LogP contribution in [0, 0.1) is 0 Å². The van der Waals surface area contributed by atoms with E-state index in [2.05, 4.69) is 22.5 Å². The molecule has 0 aliphatic heterocycles. The predicted octanol–water partition coefficient (Wildman–Crippen LogP) is 2.88. The van der Waals surface area contributed by atoms with Crippen molar-refractivity contribution in [3.63, 3.8) is 0 Å². The number of carbonyl (C=O) groups excluding carboxylic acids is 1. The molecule has 27 heavy (non-hydrogen) atoms. The van der Waals surface area contributed by atoms with Crippen molar-refractivity contribution in [2.45, 2.75) is 19.6 Å². The van der Waals surface area contributed by atoms with Gasteiger partial charge in [-0.2, -0.15) is 5.10 Å². The number of rotatable bonds is 9. The van der Waals surface area contributed by atoms with Crippen LogP contribution in [0.25, 0.3) is 0 Å². The van der Waals surface area contributed by atoms with Crippen LogP contribution in [-0.4, -0.2) is 41.0 Å². The van der Waals surface area contributed by atoms with Gasteiger partial charge < -0.3 is 19.4 Å². The summed E-state index contributed by atoms with van der Waals surface area (Å²) in [5.41, 5.74) is 2.13. The zero-order valence-corrected chi connectivity index (χ0v) is 15.4. The molecular weight excluding hydrogens is 344 g/mol. The summed E-state index contributed by atoms with van der Waals surface area (Å²) >= 11 is 0. The van der Waals surface area contributed by atoms with Gasteiger partial charge in [-0.25, -0.2) is 4.79 Å². The highest BCUT2D eigenvalue weighted by Crippen LogP contribution is 2.07. The van der Waals surface area contributed by atoms with Gasteiger partial charge >= 0.3 is 6.03 Å². The molecule has 0 saturated carbocycles. The maximum absolute atomic E-state index is 12.5. The Hall–Kier alpha value is -3.06. The van der Waals surface area contributed by atoms with Crippen LogP contribution >= 0.6 is 0 Å². The molecule has 0 bridgehead atoms. The Kier molecular flexibility index (Phi) is 6.65. The first kappa shape index (κ1) is 18.7. The molecule has 0 unspecified atom stereocenters. The molecule has 7 nitrogen and oxygen atoms in total. The smallest absolute Gasteiger partial charge is 0.318 e. The summed E-state index contributed by atoms with van der Waals surface area (Å²) in [4.78, 5) is 14.2. The molecular formula is C20H24N4O3. The van der Waals surface area contributed by atoms with E-state index in [-0.39, 0.29) is 6.03 Å². The highest BCUT2D eigenvalue weighted by Gasteiger charge is 2.15. The fourth-order valence-electron chi connectivity index (χ4n) is 2.69. The molecule has 2 amide bonds. The number of hydrogen-bond donors (Lipinski definition) is 1. The lowest BCUT2D eigenvalue weighted by atomic mass is 10.2. The van der Waals surface area contributed by atoms with Gasteiger partial charge in [0.05, 0.1) is 32.2 Å². The second kappa shape index (κ2) is 9.59. The number of hydrogen-bond acceptors (Lipinski definition) is 4. The number of aromatic nitrogens is 2. The third-order valence-electron chi connectivity index (χ3n) is 4.10. The van der Waals surface area contributed by atoms with Crippen molar-refractivity contribution in [1.29, 1.82) is 0 Å². The monoisotopic (exact) mass is 368 g/mol. The van der Waals surface area contributed by atoms with Gasteiger partial charge in [-0.1, -0.05) is 30.3 Å². The first-order valence-corrected chi connectivity index (χ1v) is 8.84. The number of furan rings is 1. The van der Waals surface area contributed by atoms with Crippen molar-refractivity contribution in [2.75, 3.05) is 20.3 Å². The van der Waals surface area contributed by atoms with E-state index < -0.39 is 0 Å². The topological polar surface area (TPSA) is 72.5 Å². The fraction of sp³-hybridized carbons (Fsp3) is 0.300. The lowest BCUT2D eigenvalue weighted by Crippen LogP contribution is -2.40. The largest absolute Gasteiger partial charge is 0.467 e. The summed E-state index contributed by atoms with van der Waals surface area (Å²) in [6, 6.07) is 13.6. The average molecular weight is 368 g/mol. The molecule has 0 aliphatic carbocycles. The number of urea groups is 1. The van der Waals surface area contributed by atoms with Crippen LogP contribution in [0.1, 0.15) is 16.9 Å². The summed E-state index contributed by atoms with van der Waals surface area (Å²) < 4.78 is 12.3. The van der Waals surface area contributed by atoms with Gasteiger partial charge in [0.2, 0.25) is 0 Å². The summed E-state index contributed by atoms with van der Waals surface area (Å²) in [5.74, 6) is 0.733. The van der Waals surface area contributed by atoms with E-state index in [1.165, 1.54) is 5.56 Å². The Morgan fingerprint density at radius 1 is 1.22 bits per heavy atom. The van der Waals surface area contributed by atoms with Gasteiger partial charge in [-0.15, -0.1) is 0 Å². The Morgan fingerprint density at radius 2 is 2.07 bits per heavy atom. The van der Waals surface area contributed by atoms with E-state index in [0.717, 1.165) is 11.3 Å². The van der Waals surface area contributed by atoms with Gasteiger partial charge in [0, 0.05) is 32.0 Å². The van der Waals surface area contributed by atoms with E-state index in [0.29, 0.717) is 32.8 Å². The highest BCUT2D eigenvalue weighted by atomic mass is 16.5. The molecule has 2 heterocycles. The van der Waals surface area contributed by atoms with Gasteiger partial charge in [0.15, 0.2) is 0 Å². The van der Waals surface area contributed by atoms with Crippen LogP contribution in [0.15, 0.2) is 65.5 Å². The number of ether oxygens (including phenoxy) is 1. The highest BCUT2D eigenvalue weighted by molar-refractivity contribution is 5.74. The second-order valence-corrected chi connectivity index (χ2v) is 6.18. The molecule has 3 aromatic rings. The SMILES string of the molecule is COCCN(Cc1ccco1)C(=O)NCc1cnn(Cc2ccccc2)c1. The quantitative estimate of drug-likeness (QED) is 0.630. The first-order valence-electron chi connectivity index (χ1n) is 8.84. The van der Waals surface area contributed by atoms with Crippen molar-refractivity contribution in [3.05, 3.63) is 78.0 Å². The molecule has 1 aromatic carbocycles. The number of carbonyl (C=O) groups is 1. The minimum absolute atomic E-state index is 0.167. The van der Waals surface area contributed by atoms with Gasteiger partial charge in [0.25, 0.3) is 0 Å². The summed E-state index contributed by atoms with van der Waals surface area (Å²) in [7, 11) is 1.62. The van der Waals surface area contributed by atoms with Gasteiger partial charge in [-0.05, 0) is 17.7 Å². The zero-order chi connectivity index (χ0) is 18.9. The van der Waals surface area contributed by atoms with Crippen LogP contribution in [0.5, 0.6) is 0 Å². The zero-order valence-electron chi connectivity index (χ0n) is 15.4. The second-order valence-electron chi connectivity index (χ2n) is 6.18. The molecule has 7 heteroatoms. The molecule has 0 fully saturated rings. The Balaban J connectivity index is 1.53. The molecule has 3 rings (SSSR count). The summed E-state index contributed by atoms with van der Waals surface area (Å²) in [6.07, 6.45) is 5.32. The van der Waals surface area contributed by atoms with Crippen molar-refractivity contribution in [3.8, 4) is 0 Å². The van der Waals surface area contributed by atoms with Crippen LogP contribution in [0.3, 0.4) is 0 Å². The normalized spacial score (nSPS) is 10.7. The molecule has 0 aliphatic rings. The van der Waals surface area contributed by atoms with Crippen molar-refractivity contribution >= 4 is 6.03 Å². The molecule has 1 N–H and O–H groups in total. The van der Waals surface area contributed by atoms with Gasteiger partial charge in [0.1, 0.15) is 5.76 Å². The Bertz CT molecular complexity index is 815. The molecule has 0 radical (unpaired) electrons. The third kappa shape index (κ3) is 5.72. The molecule has 2 aromatic heterocycles. The van der Waals surface area contributed by atoms with Crippen molar-refractivity contribution in [2.24, 2.45) is 0 Å². The Labute approximate surface area is 158 Å². The van der Waals surface area contributed by atoms with E-state index in [4.69, 9.17) is 9.15 Å². The van der Waals surface area contributed by atoms with E-state index in [1.807, 2.05) is 41.2 Å². The van der Waals surface area contributed by atoms with Crippen LogP contribution < -0.4 is 5.32 Å². The molecule has 0 spiro atoms. The minimum Gasteiger partial charge on any atom is -0.467 e. The minimum atomic E-state index is -0.167. The van der Waals surface area contributed by atoms with Crippen LogP contribution in [-0.2, 0) is 24.4 Å². The van der Waals surface area contributed by atoms with Gasteiger partial charge in [-0.3, -0.25) is 4.68 Å². The third-order valence-corrected chi connectivity index (χ3v) is 4.10. The van der Waals surface area contributed by atoms with Crippen molar-refractivity contribution in [1.82, 2.24) is 20.0 Å². The molecule has 0 saturated heterocycles. The van der Waals surface area contributed by atoms with E-state index in [9.17, 15) is 4.79 Å². The van der Waals surface area contributed by atoms with E-state index in [1.54, 1.807) is 24.5 Å². The predicted molar refractivity (Wildman–Crippen MR) is 101 cm³/mol. The number of nitrogens with one attached hydrogen (secondary N) is 1. The lowest BCUT2D eigenvalue weighted by Gasteiger charge is -2.21. The first-order chi connectivity index (χ1) is 13.2. The maximum Gasteiger partial charge on any atom is 0.318 e. The number of methoxy groups -OCH3 is 1. The molecule has 0 atom stereocenters. The number of amides is 2. The summed E-state index contributed by atoms with van der Waals surface area (Å²) in [5, 5.41) is 7.30. The van der Waals surface area contributed by atoms with Crippen LogP contribution in [0.2, 0.25) is 0 Å². The number of benzene rings is 1. The van der Waals surface area contributed by atoms with E-state index >= 15 is 0 Å². The Morgan fingerprint density at radius 3 is 2.81 bits per heavy atom. The molecule has 142 valence electrons. The number of nitrogens with zero attached hydrogens (tertiary/aromatic N) is 3. The average Bonchev–Trinajstić information content (AvgIpc) is 3.36. The van der Waals surface area contributed by atoms with Crippen molar-refractivity contribution < 1.29 is 13.9 Å². The van der Waals surface area contributed by atoms with Crippen LogP contribution in [0.4, 0.5) is 4.79 Å². The fourth-order valence-corrected chi connectivity index (χ4v) is 2.69. The summed E-state index contributed by atoms with van der Waals surface area (Å²) in [6.45, 7) is 2.46.